The number of hydrogen-bond acceptors (Lipinski definition) is 4. The van der Waals surface area contributed by atoms with Gasteiger partial charge in [-0.05, 0) is 47.2 Å². The molecule has 88 valence electrons. The summed E-state index contributed by atoms with van der Waals surface area (Å²) in [5.41, 5.74) is 1.12. The molecule has 0 radical (unpaired) electrons. The molecule has 0 aliphatic heterocycles. The SMILES string of the molecule is N#Cc1ccc(CNc2ccc3sccc3c2)s1. The molecular formula is C14H10N2S2. The van der Waals surface area contributed by atoms with Crippen molar-refractivity contribution < 1.29 is 0 Å². The fourth-order valence-corrected chi connectivity index (χ4v) is 3.31. The van der Waals surface area contributed by atoms with Crippen molar-refractivity contribution in [1.82, 2.24) is 0 Å². The highest BCUT2D eigenvalue weighted by Crippen LogP contribution is 2.24. The van der Waals surface area contributed by atoms with Crippen LogP contribution in [-0.4, -0.2) is 0 Å². The van der Waals surface area contributed by atoms with Gasteiger partial charge in [-0.2, -0.15) is 5.26 Å². The van der Waals surface area contributed by atoms with Gasteiger partial charge in [0.15, 0.2) is 0 Å². The van der Waals surface area contributed by atoms with Gasteiger partial charge in [-0.3, -0.25) is 0 Å². The second kappa shape index (κ2) is 4.81. The minimum absolute atomic E-state index is 0.764. The number of anilines is 1. The van der Waals surface area contributed by atoms with Crippen LogP contribution >= 0.6 is 22.7 Å². The Morgan fingerprint density at radius 3 is 2.94 bits per heavy atom. The van der Waals surface area contributed by atoms with E-state index >= 15 is 0 Å². The Balaban J connectivity index is 1.74. The minimum atomic E-state index is 0.764. The van der Waals surface area contributed by atoms with Crippen LogP contribution in [0.5, 0.6) is 0 Å². The zero-order chi connectivity index (χ0) is 12.4. The minimum Gasteiger partial charge on any atom is -0.380 e. The topological polar surface area (TPSA) is 35.8 Å². The second-order valence-corrected chi connectivity index (χ2v) is 6.02. The number of fused-ring (bicyclic) bond motifs is 1. The van der Waals surface area contributed by atoms with Crippen molar-refractivity contribution in [2.24, 2.45) is 0 Å². The molecule has 3 aromatic rings. The number of nitrogens with one attached hydrogen (secondary N) is 1. The third kappa shape index (κ3) is 2.23. The summed E-state index contributed by atoms with van der Waals surface area (Å²) < 4.78 is 1.31. The maximum absolute atomic E-state index is 8.77. The van der Waals surface area contributed by atoms with E-state index in [0.717, 1.165) is 17.1 Å². The molecule has 18 heavy (non-hydrogen) atoms. The Bertz CT molecular complexity index is 719. The van der Waals surface area contributed by atoms with Gasteiger partial charge in [-0.15, -0.1) is 22.7 Å². The van der Waals surface area contributed by atoms with E-state index in [9.17, 15) is 0 Å². The number of nitrogens with zero attached hydrogens (tertiary/aromatic N) is 1. The zero-order valence-electron chi connectivity index (χ0n) is 9.51. The van der Waals surface area contributed by atoms with Crippen LogP contribution in [0.4, 0.5) is 5.69 Å². The molecule has 0 amide bonds. The second-order valence-electron chi connectivity index (χ2n) is 3.90. The summed E-state index contributed by atoms with van der Waals surface area (Å²) in [5, 5.41) is 15.5. The highest BCUT2D eigenvalue weighted by molar-refractivity contribution is 7.17. The molecule has 0 atom stereocenters. The monoisotopic (exact) mass is 270 g/mol. The van der Waals surface area contributed by atoms with Gasteiger partial charge in [0.2, 0.25) is 0 Å². The summed E-state index contributed by atoms with van der Waals surface area (Å²) in [7, 11) is 0. The lowest BCUT2D eigenvalue weighted by Crippen LogP contribution is -1.96. The molecule has 1 N–H and O–H groups in total. The van der Waals surface area contributed by atoms with E-state index in [4.69, 9.17) is 5.26 Å². The van der Waals surface area contributed by atoms with Crippen LogP contribution in [0.2, 0.25) is 0 Å². The molecule has 2 heterocycles. The van der Waals surface area contributed by atoms with E-state index in [1.165, 1.54) is 26.3 Å². The van der Waals surface area contributed by atoms with Crippen LogP contribution in [0.3, 0.4) is 0 Å². The molecule has 0 fully saturated rings. The quantitative estimate of drug-likeness (QED) is 0.763. The van der Waals surface area contributed by atoms with E-state index < -0.39 is 0 Å². The Morgan fingerprint density at radius 1 is 1.17 bits per heavy atom. The molecule has 2 nitrogen and oxygen atoms in total. The largest absolute Gasteiger partial charge is 0.380 e. The predicted molar refractivity (Wildman–Crippen MR) is 78.2 cm³/mol. The molecule has 0 spiro atoms. The molecule has 0 aliphatic rings. The fourth-order valence-electron chi connectivity index (χ4n) is 1.80. The average molecular weight is 270 g/mol. The van der Waals surface area contributed by atoms with Crippen LogP contribution in [0.25, 0.3) is 10.1 Å². The molecule has 2 aromatic heterocycles. The molecule has 0 unspecified atom stereocenters. The maximum Gasteiger partial charge on any atom is 0.110 e. The van der Waals surface area contributed by atoms with Gasteiger partial charge in [0.1, 0.15) is 10.9 Å². The van der Waals surface area contributed by atoms with E-state index in [1.54, 1.807) is 11.3 Å². The van der Waals surface area contributed by atoms with Gasteiger partial charge in [0.25, 0.3) is 0 Å². The predicted octanol–water partition coefficient (Wildman–Crippen LogP) is 4.45. The smallest absolute Gasteiger partial charge is 0.110 e. The van der Waals surface area contributed by atoms with E-state index in [-0.39, 0.29) is 0 Å². The zero-order valence-corrected chi connectivity index (χ0v) is 11.1. The van der Waals surface area contributed by atoms with Crippen molar-refractivity contribution >= 4 is 38.4 Å². The van der Waals surface area contributed by atoms with Crippen molar-refractivity contribution in [2.45, 2.75) is 6.54 Å². The number of nitriles is 1. The van der Waals surface area contributed by atoms with E-state index in [2.05, 4.69) is 41.0 Å². The summed E-state index contributed by atoms with van der Waals surface area (Å²) in [4.78, 5) is 1.94. The van der Waals surface area contributed by atoms with Crippen LogP contribution in [0, 0.1) is 11.3 Å². The summed E-state index contributed by atoms with van der Waals surface area (Å²) >= 11 is 3.29. The number of benzene rings is 1. The van der Waals surface area contributed by atoms with Crippen LogP contribution in [0.1, 0.15) is 9.75 Å². The van der Waals surface area contributed by atoms with Crippen molar-refractivity contribution in [3.63, 3.8) is 0 Å². The van der Waals surface area contributed by atoms with Crippen molar-refractivity contribution in [2.75, 3.05) is 5.32 Å². The molecule has 4 heteroatoms. The van der Waals surface area contributed by atoms with Crippen LogP contribution < -0.4 is 5.32 Å². The highest BCUT2D eigenvalue weighted by atomic mass is 32.1. The molecule has 3 rings (SSSR count). The fraction of sp³-hybridized carbons (Fsp3) is 0.0714. The first-order valence-corrected chi connectivity index (χ1v) is 7.25. The van der Waals surface area contributed by atoms with Gasteiger partial charge in [-0.1, -0.05) is 0 Å². The van der Waals surface area contributed by atoms with Gasteiger partial charge < -0.3 is 5.32 Å². The maximum atomic E-state index is 8.77. The third-order valence-electron chi connectivity index (χ3n) is 2.69. The molecule has 1 aromatic carbocycles. The first-order chi connectivity index (χ1) is 8.85. The lowest BCUT2D eigenvalue weighted by atomic mass is 10.2. The van der Waals surface area contributed by atoms with Crippen molar-refractivity contribution in [3.05, 3.63) is 51.5 Å². The summed E-state index contributed by atoms with van der Waals surface area (Å²) in [6.45, 7) is 0.766. The van der Waals surface area contributed by atoms with Crippen LogP contribution in [0.15, 0.2) is 41.8 Å². The third-order valence-corrected chi connectivity index (χ3v) is 4.58. The lowest BCUT2D eigenvalue weighted by Gasteiger charge is -2.04. The molecule has 0 saturated carbocycles. The van der Waals surface area contributed by atoms with Gasteiger partial charge in [0, 0.05) is 21.8 Å². The van der Waals surface area contributed by atoms with Gasteiger partial charge in [-0.25, -0.2) is 0 Å². The van der Waals surface area contributed by atoms with E-state index in [1.807, 2.05) is 12.1 Å². The van der Waals surface area contributed by atoms with Gasteiger partial charge in [0.05, 0.1) is 0 Å². The Hall–Kier alpha value is -1.83. The first kappa shape index (κ1) is 11.3. The van der Waals surface area contributed by atoms with Gasteiger partial charge >= 0.3 is 0 Å². The lowest BCUT2D eigenvalue weighted by molar-refractivity contribution is 1.20. The van der Waals surface area contributed by atoms with Crippen molar-refractivity contribution in [1.29, 1.82) is 5.26 Å². The highest BCUT2D eigenvalue weighted by Gasteiger charge is 2.00. The van der Waals surface area contributed by atoms with Crippen molar-refractivity contribution in [3.8, 4) is 6.07 Å². The summed E-state index contributed by atoms with van der Waals surface area (Å²) in [6, 6.07) is 14.5. The average Bonchev–Trinajstić information content (AvgIpc) is 3.04. The molecule has 0 bridgehead atoms. The van der Waals surface area contributed by atoms with Crippen LogP contribution in [-0.2, 0) is 6.54 Å². The summed E-state index contributed by atoms with van der Waals surface area (Å²) in [6.07, 6.45) is 0. The first-order valence-electron chi connectivity index (χ1n) is 5.55. The number of hydrogen-bond donors (Lipinski definition) is 1. The number of thiophene rings is 2. The molecule has 0 aliphatic carbocycles. The standard InChI is InChI=1S/C14H10N2S2/c15-8-12-2-3-13(18-12)9-16-11-1-4-14-10(7-11)5-6-17-14/h1-7,16H,9H2. The Labute approximate surface area is 113 Å². The Kier molecular flexibility index (Phi) is 3.01. The molecule has 0 saturated heterocycles. The Morgan fingerprint density at radius 2 is 2.11 bits per heavy atom. The summed E-state index contributed by atoms with van der Waals surface area (Å²) in [5.74, 6) is 0. The van der Waals surface area contributed by atoms with E-state index in [0.29, 0.717) is 0 Å². The number of rotatable bonds is 3. The molecular weight excluding hydrogens is 260 g/mol. The normalized spacial score (nSPS) is 10.4.